The number of halogens is 1. The van der Waals surface area contributed by atoms with E-state index in [1.54, 1.807) is 24.5 Å². The molecule has 0 spiro atoms. The van der Waals surface area contributed by atoms with E-state index in [9.17, 15) is 4.79 Å². The van der Waals surface area contributed by atoms with Gasteiger partial charge in [-0.3, -0.25) is 9.78 Å². The Morgan fingerprint density at radius 3 is 2.62 bits per heavy atom. The summed E-state index contributed by atoms with van der Waals surface area (Å²) in [5, 5.41) is 0. The predicted molar refractivity (Wildman–Crippen MR) is 85.7 cm³/mol. The second-order valence-corrected chi connectivity index (χ2v) is 6.17. The normalized spacial score (nSPS) is 14.0. The molecule has 1 fully saturated rings. The van der Waals surface area contributed by atoms with Crippen LogP contribution in [0.5, 0.6) is 0 Å². The number of nitrogen functional groups attached to an aromatic ring is 1. The number of nitrogens with zero attached hydrogens (tertiary/aromatic N) is 2. The molecule has 1 aliphatic carbocycles. The van der Waals surface area contributed by atoms with Gasteiger partial charge in [-0.25, -0.2) is 0 Å². The Morgan fingerprint density at radius 2 is 2.00 bits per heavy atom. The second-order valence-electron chi connectivity index (χ2n) is 5.25. The van der Waals surface area contributed by atoms with E-state index in [4.69, 9.17) is 5.73 Å². The van der Waals surface area contributed by atoms with E-state index in [-0.39, 0.29) is 5.91 Å². The molecule has 1 aromatic carbocycles. The lowest BCUT2D eigenvalue weighted by Crippen LogP contribution is -2.33. The van der Waals surface area contributed by atoms with E-state index < -0.39 is 0 Å². The Balaban J connectivity index is 1.85. The van der Waals surface area contributed by atoms with Gasteiger partial charge in [0.25, 0.3) is 5.91 Å². The van der Waals surface area contributed by atoms with Crippen molar-refractivity contribution < 1.29 is 4.79 Å². The first-order valence-electron chi connectivity index (χ1n) is 6.90. The van der Waals surface area contributed by atoms with Crippen LogP contribution in [0.2, 0.25) is 0 Å². The highest BCUT2D eigenvalue weighted by molar-refractivity contribution is 9.10. The molecular formula is C16H16BrN3O. The molecule has 0 unspecified atom stereocenters. The third-order valence-corrected chi connectivity index (χ3v) is 4.09. The van der Waals surface area contributed by atoms with Gasteiger partial charge >= 0.3 is 0 Å². The van der Waals surface area contributed by atoms with Crippen molar-refractivity contribution in [2.75, 3.05) is 5.73 Å². The fraction of sp³-hybridized carbons (Fsp3) is 0.250. The number of amides is 1. The number of benzene rings is 1. The summed E-state index contributed by atoms with van der Waals surface area (Å²) in [6, 6.07) is 9.60. The molecule has 1 aromatic heterocycles. The minimum absolute atomic E-state index is 0.000637. The van der Waals surface area contributed by atoms with Crippen molar-refractivity contribution >= 4 is 27.5 Å². The molecular weight excluding hydrogens is 330 g/mol. The molecule has 1 saturated carbocycles. The van der Waals surface area contributed by atoms with Crippen molar-refractivity contribution in [3.05, 3.63) is 58.3 Å². The van der Waals surface area contributed by atoms with Crippen LogP contribution < -0.4 is 5.73 Å². The molecule has 0 bridgehead atoms. The number of rotatable bonds is 4. The van der Waals surface area contributed by atoms with Crippen molar-refractivity contribution in [1.82, 2.24) is 9.88 Å². The van der Waals surface area contributed by atoms with Gasteiger partial charge in [0.2, 0.25) is 0 Å². The molecule has 5 heteroatoms. The van der Waals surface area contributed by atoms with E-state index in [0.717, 1.165) is 22.9 Å². The summed E-state index contributed by atoms with van der Waals surface area (Å²) in [7, 11) is 0. The van der Waals surface area contributed by atoms with Crippen LogP contribution in [0, 0.1) is 0 Å². The average Bonchev–Trinajstić information content (AvgIpc) is 3.30. The van der Waals surface area contributed by atoms with Gasteiger partial charge in [-0.1, -0.05) is 15.9 Å². The lowest BCUT2D eigenvalue weighted by atomic mass is 10.1. The number of aromatic nitrogens is 1. The van der Waals surface area contributed by atoms with Gasteiger partial charge in [0.05, 0.1) is 5.56 Å². The molecule has 1 aliphatic rings. The molecule has 0 radical (unpaired) electrons. The lowest BCUT2D eigenvalue weighted by molar-refractivity contribution is 0.0731. The van der Waals surface area contributed by atoms with Crippen molar-refractivity contribution in [3.63, 3.8) is 0 Å². The zero-order valence-corrected chi connectivity index (χ0v) is 13.1. The third-order valence-electron chi connectivity index (χ3n) is 3.59. The fourth-order valence-corrected chi connectivity index (χ4v) is 2.70. The molecule has 2 aromatic rings. The first kappa shape index (κ1) is 14.1. The van der Waals surface area contributed by atoms with E-state index in [0.29, 0.717) is 23.8 Å². The summed E-state index contributed by atoms with van der Waals surface area (Å²) in [6.45, 7) is 0.599. The molecule has 108 valence electrons. The van der Waals surface area contributed by atoms with Gasteiger partial charge in [-0.05, 0) is 48.7 Å². The zero-order chi connectivity index (χ0) is 14.8. The van der Waals surface area contributed by atoms with E-state index in [2.05, 4.69) is 20.9 Å². The maximum absolute atomic E-state index is 12.8. The number of hydrogen-bond acceptors (Lipinski definition) is 3. The number of hydrogen-bond donors (Lipinski definition) is 1. The van der Waals surface area contributed by atoms with Gasteiger partial charge in [0, 0.05) is 35.1 Å². The van der Waals surface area contributed by atoms with Crippen LogP contribution in [0.4, 0.5) is 5.69 Å². The molecule has 1 heterocycles. The standard InChI is InChI=1S/C16H16BrN3O/c17-12-1-4-14(15(18)9-12)16(21)20(13-2-3-13)10-11-5-7-19-8-6-11/h1,4-9,13H,2-3,10,18H2. The number of pyridine rings is 1. The van der Waals surface area contributed by atoms with Gasteiger partial charge in [0.1, 0.15) is 0 Å². The Labute approximate surface area is 132 Å². The average molecular weight is 346 g/mol. The zero-order valence-electron chi connectivity index (χ0n) is 11.5. The van der Waals surface area contributed by atoms with E-state index >= 15 is 0 Å². The molecule has 3 rings (SSSR count). The molecule has 4 nitrogen and oxygen atoms in total. The molecule has 0 aliphatic heterocycles. The first-order chi connectivity index (χ1) is 10.1. The monoisotopic (exact) mass is 345 g/mol. The second kappa shape index (κ2) is 5.85. The molecule has 21 heavy (non-hydrogen) atoms. The summed E-state index contributed by atoms with van der Waals surface area (Å²) in [5.74, 6) is -0.000637. The summed E-state index contributed by atoms with van der Waals surface area (Å²) in [6.07, 6.45) is 5.62. The summed E-state index contributed by atoms with van der Waals surface area (Å²) >= 11 is 3.37. The van der Waals surface area contributed by atoms with Crippen LogP contribution in [-0.2, 0) is 6.54 Å². The van der Waals surface area contributed by atoms with E-state index in [1.807, 2.05) is 23.1 Å². The summed E-state index contributed by atoms with van der Waals surface area (Å²) in [4.78, 5) is 18.7. The number of anilines is 1. The molecule has 0 atom stereocenters. The van der Waals surface area contributed by atoms with Crippen molar-refractivity contribution in [2.24, 2.45) is 0 Å². The van der Waals surface area contributed by atoms with E-state index in [1.165, 1.54) is 0 Å². The largest absolute Gasteiger partial charge is 0.398 e. The Morgan fingerprint density at radius 1 is 1.29 bits per heavy atom. The van der Waals surface area contributed by atoms with Gasteiger partial charge in [-0.15, -0.1) is 0 Å². The van der Waals surface area contributed by atoms with Crippen molar-refractivity contribution in [1.29, 1.82) is 0 Å². The van der Waals surface area contributed by atoms with Crippen LogP contribution in [0.15, 0.2) is 47.2 Å². The van der Waals surface area contributed by atoms with Gasteiger partial charge in [-0.2, -0.15) is 0 Å². The Kier molecular flexibility index (Phi) is 3.92. The number of carbonyl (C=O) groups is 1. The summed E-state index contributed by atoms with van der Waals surface area (Å²) < 4.78 is 0.878. The van der Waals surface area contributed by atoms with Crippen molar-refractivity contribution in [3.8, 4) is 0 Å². The fourth-order valence-electron chi connectivity index (χ4n) is 2.32. The SMILES string of the molecule is Nc1cc(Br)ccc1C(=O)N(Cc1ccncc1)C1CC1. The highest BCUT2D eigenvalue weighted by Crippen LogP contribution is 2.31. The van der Waals surface area contributed by atoms with Crippen molar-refractivity contribution in [2.45, 2.75) is 25.4 Å². The molecule has 2 N–H and O–H groups in total. The third kappa shape index (κ3) is 3.24. The van der Waals surface area contributed by atoms with Gasteiger partial charge in [0.15, 0.2) is 0 Å². The maximum atomic E-state index is 12.8. The Bertz CT molecular complexity index is 656. The van der Waals surface area contributed by atoms with Crippen LogP contribution in [-0.4, -0.2) is 21.8 Å². The predicted octanol–water partition coefficient (Wildman–Crippen LogP) is 3.23. The maximum Gasteiger partial charge on any atom is 0.256 e. The minimum Gasteiger partial charge on any atom is -0.398 e. The first-order valence-corrected chi connectivity index (χ1v) is 7.69. The molecule has 0 saturated heterocycles. The number of carbonyl (C=O) groups excluding carboxylic acids is 1. The highest BCUT2D eigenvalue weighted by Gasteiger charge is 2.33. The van der Waals surface area contributed by atoms with Crippen LogP contribution in [0.3, 0.4) is 0 Å². The Hall–Kier alpha value is -1.88. The quantitative estimate of drug-likeness (QED) is 0.865. The summed E-state index contributed by atoms with van der Waals surface area (Å²) in [5.41, 5.74) is 8.15. The van der Waals surface area contributed by atoms with Crippen LogP contribution >= 0.6 is 15.9 Å². The van der Waals surface area contributed by atoms with Crippen LogP contribution in [0.1, 0.15) is 28.8 Å². The van der Waals surface area contributed by atoms with Crippen LogP contribution in [0.25, 0.3) is 0 Å². The highest BCUT2D eigenvalue weighted by atomic mass is 79.9. The molecule has 1 amide bonds. The topological polar surface area (TPSA) is 59.2 Å². The number of nitrogens with two attached hydrogens (primary N) is 1. The smallest absolute Gasteiger partial charge is 0.256 e. The lowest BCUT2D eigenvalue weighted by Gasteiger charge is -2.23. The minimum atomic E-state index is -0.000637. The van der Waals surface area contributed by atoms with Gasteiger partial charge < -0.3 is 10.6 Å².